The van der Waals surface area contributed by atoms with E-state index in [1.807, 2.05) is 6.92 Å². The van der Waals surface area contributed by atoms with Gasteiger partial charge in [-0.1, -0.05) is 32.2 Å². The van der Waals surface area contributed by atoms with Crippen molar-refractivity contribution in [2.45, 2.75) is 13.3 Å². The van der Waals surface area contributed by atoms with Crippen molar-refractivity contribution in [3.8, 4) is 12.3 Å². The zero-order valence-corrected chi connectivity index (χ0v) is 5.35. The molecule has 0 nitrogen and oxygen atoms in total. The lowest BCUT2D eigenvalue weighted by Crippen LogP contribution is -1.38. The molecule has 0 aromatic carbocycles. The van der Waals surface area contributed by atoms with Crippen LogP contribution in [-0.2, 0) is 0 Å². The molecule has 0 aliphatic carbocycles. The molecule has 0 aliphatic heterocycles. The molecule has 0 aromatic heterocycles. The van der Waals surface area contributed by atoms with Crippen LogP contribution in [0.5, 0.6) is 0 Å². The highest BCUT2D eigenvalue weighted by Gasteiger charge is 1.43. The minimum absolute atomic E-state index is 0.847. The van der Waals surface area contributed by atoms with E-state index in [1.165, 1.54) is 0 Å². The van der Waals surface area contributed by atoms with E-state index in [0.29, 0.717) is 0 Å². The molecule has 0 unspecified atom stereocenters. The average molecular weight is 108 g/mol. The quantitative estimate of drug-likeness (QED) is 0.357. The smallest absolute Gasteiger partial charge is 0.00576 e. The Labute approximate surface area is 51.9 Å². The van der Waals surface area contributed by atoms with Crippen molar-refractivity contribution in [2.24, 2.45) is 0 Å². The Morgan fingerprint density at radius 3 is 1.75 bits per heavy atom. The van der Waals surface area contributed by atoms with Gasteiger partial charge in [0.25, 0.3) is 0 Å². The van der Waals surface area contributed by atoms with Gasteiger partial charge >= 0.3 is 0 Å². The number of allylic oxidation sites excluding steroid dienone is 2. The van der Waals surface area contributed by atoms with Crippen molar-refractivity contribution >= 4 is 0 Å². The minimum atomic E-state index is 0.847. The van der Waals surface area contributed by atoms with Crippen molar-refractivity contribution in [2.75, 3.05) is 0 Å². The molecule has 0 radical (unpaired) electrons. The average Bonchev–Trinajstić information content (AvgIpc) is 1.88. The molecule has 0 aromatic rings. The van der Waals surface area contributed by atoms with Gasteiger partial charge < -0.3 is 0 Å². The maximum absolute atomic E-state index is 4.78. The van der Waals surface area contributed by atoms with Crippen LogP contribution in [0.3, 0.4) is 0 Å². The fourth-order valence-corrected chi connectivity index (χ4v) is 0. The largest absolute Gasteiger partial charge is 0.120 e. The van der Waals surface area contributed by atoms with E-state index in [-0.39, 0.29) is 0 Å². The van der Waals surface area contributed by atoms with Gasteiger partial charge in [0, 0.05) is 6.42 Å². The van der Waals surface area contributed by atoms with Crippen LogP contribution in [0.1, 0.15) is 13.3 Å². The highest BCUT2D eigenvalue weighted by atomic mass is 13.5. The third-order valence-corrected chi connectivity index (χ3v) is 0.371. The van der Waals surface area contributed by atoms with Crippen LogP contribution in [0, 0.1) is 12.3 Å². The number of rotatable bonds is 1. The summed E-state index contributed by atoms with van der Waals surface area (Å²) in [7, 11) is 0. The van der Waals surface area contributed by atoms with Crippen molar-refractivity contribution < 1.29 is 0 Å². The van der Waals surface area contributed by atoms with Gasteiger partial charge in [-0.2, -0.15) is 0 Å². The summed E-state index contributed by atoms with van der Waals surface area (Å²) in [5, 5.41) is 0. The van der Waals surface area contributed by atoms with Crippen LogP contribution in [0.15, 0.2) is 25.3 Å². The summed E-state index contributed by atoms with van der Waals surface area (Å²) in [5.41, 5.74) is 0. The lowest BCUT2D eigenvalue weighted by atomic mass is 10.5. The maximum atomic E-state index is 4.78. The standard InChI is InChI=1S/2C4H6/c2*1-3-4-2/h3-4H,1-2H2;1H,4H2,2H3. The zero-order valence-electron chi connectivity index (χ0n) is 5.35. The van der Waals surface area contributed by atoms with E-state index < -0.39 is 0 Å². The molecule has 0 atom stereocenters. The fraction of sp³-hybridized carbons (Fsp3) is 0.250. The predicted molar refractivity (Wildman–Crippen MR) is 39.5 cm³/mol. The topological polar surface area (TPSA) is 0 Å². The Morgan fingerprint density at radius 2 is 1.75 bits per heavy atom. The van der Waals surface area contributed by atoms with E-state index in [0.717, 1.165) is 6.42 Å². The first-order chi connectivity index (χ1) is 3.83. The summed E-state index contributed by atoms with van der Waals surface area (Å²) in [5.74, 6) is 2.43. The molecule has 0 amide bonds. The molecule has 0 spiro atoms. The Morgan fingerprint density at radius 1 is 1.50 bits per heavy atom. The van der Waals surface area contributed by atoms with Crippen LogP contribution < -0.4 is 0 Å². The molecule has 0 saturated carbocycles. The van der Waals surface area contributed by atoms with Gasteiger partial charge in [-0.3, -0.25) is 0 Å². The fourth-order valence-electron chi connectivity index (χ4n) is 0. The molecule has 0 N–H and O–H groups in total. The molecule has 8 heavy (non-hydrogen) atoms. The lowest BCUT2D eigenvalue weighted by molar-refractivity contribution is 1.28. The summed E-state index contributed by atoms with van der Waals surface area (Å²) in [6.45, 7) is 8.67. The number of hydrogen-bond donors (Lipinski definition) is 0. The predicted octanol–water partition coefficient (Wildman–Crippen LogP) is 2.39. The van der Waals surface area contributed by atoms with Crippen molar-refractivity contribution in [3.63, 3.8) is 0 Å². The highest BCUT2D eigenvalue weighted by molar-refractivity contribution is 4.88. The number of terminal acetylenes is 1. The molecular formula is C8H12. The Hall–Kier alpha value is -0.960. The first-order valence-corrected chi connectivity index (χ1v) is 2.50. The third-order valence-electron chi connectivity index (χ3n) is 0.371. The number of hydrogen-bond acceptors (Lipinski definition) is 0. The van der Waals surface area contributed by atoms with Crippen LogP contribution in [0.4, 0.5) is 0 Å². The van der Waals surface area contributed by atoms with Crippen molar-refractivity contribution in [1.82, 2.24) is 0 Å². The summed E-state index contributed by atoms with van der Waals surface area (Å²) in [6.07, 6.45) is 8.90. The Kier molecular flexibility index (Phi) is 21.0. The molecule has 0 heterocycles. The first-order valence-electron chi connectivity index (χ1n) is 2.50. The van der Waals surface area contributed by atoms with E-state index in [4.69, 9.17) is 6.42 Å². The van der Waals surface area contributed by atoms with Gasteiger partial charge in [-0.25, -0.2) is 0 Å². The lowest BCUT2D eigenvalue weighted by Gasteiger charge is -1.52. The molecule has 0 fully saturated rings. The van der Waals surface area contributed by atoms with E-state index in [9.17, 15) is 0 Å². The van der Waals surface area contributed by atoms with E-state index in [2.05, 4.69) is 19.1 Å². The van der Waals surface area contributed by atoms with Crippen LogP contribution in [0.25, 0.3) is 0 Å². The van der Waals surface area contributed by atoms with E-state index in [1.54, 1.807) is 12.2 Å². The van der Waals surface area contributed by atoms with Crippen LogP contribution in [-0.4, -0.2) is 0 Å². The normalized spacial score (nSPS) is 5.00. The van der Waals surface area contributed by atoms with Gasteiger partial charge in [0.2, 0.25) is 0 Å². The van der Waals surface area contributed by atoms with Crippen molar-refractivity contribution in [3.05, 3.63) is 25.3 Å². The summed E-state index contributed by atoms with van der Waals surface area (Å²) in [4.78, 5) is 0. The zero-order chi connectivity index (χ0) is 6.83. The molecular weight excluding hydrogens is 96.1 g/mol. The van der Waals surface area contributed by atoms with Gasteiger partial charge in [-0.05, 0) is 0 Å². The monoisotopic (exact) mass is 108 g/mol. The maximum Gasteiger partial charge on any atom is 0.00576 e. The summed E-state index contributed by atoms with van der Waals surface area (Å²) in [6, 6.07) is 0. The van der Waals surface area contributed by atoms with E-state index >= 15 is 0 Å². The molecule has 0 rings (SSSR count). The van der Waals surface area contributed by atoms with Crippen LogP contribution in [0.2, 0.25) is 0 Å². The Bertz CT molecular complexity index is 76.7. The molecule has 0 aliphatic rings. The second-order valence-electron chi connectivity index (χ2n) is 1.03. The third kappa shape index (κ3) is 76.1. The molecule has 0 heteroatoms. The summed E-state index contributed by atoms with van der Waals surface area (Å²) >= 11 is 0. The van der Waals surface area contributed by atoms with Gasteiger partial charge in [-0.15, -0.1) is 12.3 Å². The minimum Gasteiger partial charge on any atom is -0.120 e. The molecule has 0 bridgehead atoms. The highest BCUT2D eigenvalue weighted by Crippen LogP contribution is 1.58. The Balaban J connectivity index is 0. The van der Waals surface area contributed by atoms with Gasteiger partial charge in [0.05, 0.1) is 0 Å². The second kappa shape index (κ2) is 16.6. The molecule has 44 valence electrons. The molecule has 0 saturated heterocycles. The van der Waals surface area contributed by atoms with Crippen LogP contribution >= 0.6 is 0 Å². The van der Waals surface area contributed by atoms with Gasteiger partial charge in [0.15, 0.2) is 0 Å². The van der Waals surface area contributed by atoms with Crippen molar-refractivity contribution in [1.29, 1.82) is 0 Å². The van der Waals surface area contributed by atoms with Gasteiger partial charge in [0.1, 0.15) is 0 Å². The first kappa shape index (κ1) is 10.1. The second-order valence-corrected chi connectivity index (χ2v) is 1.03. The summed E-state index contributed by atoms with van der Waals surface area (Å²) < 4.78 is 0. The SMILES string of the molecule is C#CCC.C=CC=C.